The van der Waals surface area contributed by atoms with Crippen LogP contribution in [0.3, 0.4) is 0 Å². The van der Waals surface area contributed by atoms with Crippen molar-refractivity contribution in [2.45, 2.75) is 7.25 Å². The minimum Gasteiger partial charge on any atom is -1.00 e. The van der Waals surface area contributed by atoms with Crippen molar-refractivity contribution < 1.29 is 48.0 Å². The fourth-order valence-corrected chi connectivity index (χ4v) is 8.91. The van der Waals surface area contributed by atoms with Crippen molar-refractivity contribution in [3.8, 4) is 0 Å². The number of hydrogen-bond acceptors (Lipinski definition) is 1. The minimum atomic E-state index is -0.856. The van der Waals surface area contributed by atoms with E-state index in [-0.39, 0.29) is 24.8 Å². The van der Waals surface area contributed by atoms with E-state index in [2.05, 4.69) is 95.7 Å². The van der Waals surface area contributed by atoms with Gasteiger partial charge in [-0.25, -0.2) is 0 Å². The SMILES string of the molecule is C1=C[CH]([Zr+2][CH]2C(n3ncc4ccccc43)=Cc3ccccc32)c2ccccc21.[Cl-].[Cl-]. The maximum absolute atomic E-state index is 4.79. The Kier molecular flexibility index (Phi) is 6.16. The first kappa shape index (κ1) is 21.3. The number of nitrogens with zero attached hydrogens (tertiary/aromatic N) is 2. The summed E-state index contributed by atoms with van der Waals surface area (Å²) in [6, 6.07) is 26.3. The first-order chi connectivity index (χ1) is 13.9. The molecule has 0 saturated carbocycles. The standard InChI is InChI=1S/C16H11N2.C9H7.2ClH.Zr/c1-2-6-13-10-15(9-12(13)5-1)18-16-8-4-3-7-14(16)11-17-18;1-2-5-9-7-3-6-8(9)4-1;;;/h1-11H;1-7H;2*1H;/q;;;;+2/p-2. The van der Waals surface area contributed by atoms with Crippen LogP contribution in [0.5, 0.6) is 0 Å². The van der Waals surface area contributed by atoms with E-state index in [4.69, 9.17) is 5.10 Å². The van der Waals surface area contributed by atoms with Crippen LogP contribution in [-0.4, -0.2) is 9.78 Å². The van der Waals surface area contributed by atoms with Crippen molar-refractivity contribution in [2.24, 2.45) is 0 Å². The zero-order chi connectivity index (χ0) is 18.5. The second-order valence-corrected chi connectivity index (χ2v) is 11.1. The summed E-state index contributed by atoms with van der Waals surface area (Å²) in [5.74, 6) is 0. The topological polar surface area (TPSA) is 17.8 Å². The largest absolute Gasteiger partial charge is 1.00 e. The van der Waals surface area contributed by atoms with Crippen molar-refractivity contribution in [3.05, 3.63) is 107 Å². The molecule has 3 aromatic carbocycles. The van der Waals surface area contributed by atoms with E-state index >= 15 is 0 Å². The van der Waals surface area contributed by atoms with Crippen LogP contribution in [0.2, 0.25) is 0 Å². The third-order valence-electron chi connectivity index (χ3n) is 5.77. The van der Waals surface area contributed by atoms with Crippen molar-refractivity contribution in [1.29, 1.82) is 0 Å². The zero-order valence-corrected chi connectivity index (χ0v) is 20.0. The molecule has 2 aliphatic carbocycles. The van der Waals surface area contributed by atoms with Crippen LogP contribution in [0.4, 0.5) is 0 Å². The van der Waals surface area contributed by atoms with Gasteiger partial charge in [0.15, 0.2) is 0 Å². The van der Waals surface area contributed by atoms with E-state index in [9.17, 15) is 0 Å². The zero-order valence-electron chi connectivity index (χ0n) is 16.0. The molecule has 0 saturated heterocycles. The Labute approximate surface area is 200 Å². The Balaban J connectivity index is 0.00000109. The monoisotopic (exact) mass is 506 g/mol. The molecule has 5 heteroatoms. The quantitative estimate of drug-likeness (QED) is 0.380. The molecule has 2 unspecified atom stereocenters. The van der Waals surface area contributed by atoms with Crippen LogP contribution < -0.4 is 24.8 Å². The van der Waals surface area contributed by atoms with Gasteiger partial charge in [0, 0.05) is 0 Å². The number of allylic oxidation sites excluding steroid dienone is 2. The van der Waals surface area contributed by atoms with Crippen LogP contribution in [0.15, 0.2) is 85.1 Å². The Hall–Kier alpha value is -1.93. The van der Waals surface area contributed by atoms with Crippen LogP contribution in [-0.2, 0) is 23.2 Å². The Morgan fingerprint density at radius 3 is 2.33 bits per heavy atom. The normalized spacial score (nSPS) is 18.1. The molecule has 0 aliphatic heterocycles. The molecular formula is C25H18Cl2N2Zr. The first-order valence-electron chi connectivity index (χ1n) is 9.65. The average molecular weight is 509 g/mol. The van der Waals surface area contributed by atoms with E-state index < -0.39 is 23.2 Å². The molecule has 0 amide bonds. The second kappa shape index (κ2) is 8.67. The molecule has 2 aliphatic rings. The fraction of sp³-hybridized carbons (Fsp3) is 0.0800. The summed E-state index contributed by atoms with van der Waals surface area (Å²) >= 11 is -0.856. The smallest absolute Gasteiger partial charge is 1.00 e. The fourth-order valence-electron chi connectivity index (χ4n) is 4.42. The number of benzene rings is 3. The van der Waals surface area contributed by atoms with Crippen molar-refractivity contribution in [3.63, 3.8) is 0 Å². The van der Waals surface area contributed by atoms with Gasteiger partial charge in [0.2, 0.25) is 0 Å². The molecule has 1 heterocycles. The second-order valence-electron chi connectivity index (χ2n) is 7.38. The van der Waals surface area contributed by atoms with Gasteiger partial charge in [0.25, 0.3) is 0 Å². The van der Waals surface area contributed by atoms with Crippen molar-refractivity contribution in [2.75, 3.05) is 0 Å². The number of halogens is 2. The molecule has 2 nitrogen and oxygen atoms in total. The van der Waals surface area contributed by atoms with Crippen LogP contribution >= 0.6 is 0 Å². The Morgan fingerprint density at radius 1 is 0.767 bits per heavy atom. The molecule has 6 rings (SSSR count). The number of hydrogen-bond donors (Lipinski definition) is 0. The molecular weight excluding hydrogens is 490 g/mol. The molecule has 0 bridgehead atoms. The number of para-hydroxylation sites is 1. The maximum atomic E-state index is 4.79. The maximum Gasteiger partial charge on any atom is -1.00 e. The Bertz CT molecular complexity index is 1270. The molecule has 4 aromatic rings. The van der Waals surface area contributed by atoms with Gasteiger partial charge < -0.3 is 24.8 Å². The van der Waals surface area contributed by atoms with E-state index in [1.165, 1.54) is 38.9 Å². The summed E-state index contributed by atoms with van der Waals surface area (Å²) in [4.78, 5) is 0. The summed E-state index contributed by atoms with van der Waals surface area (Å²) in [6.07, 6.45) is 9.11. The van der Waals surface area contributed by atoms with Crippen LogP contribution in [0, 0.1) is 0 Å². The van der Waals surface area contributed by atoms with E-state index in [1.807, 2.05) is 6.20 Å². The molecule has 0 fully saturated rings. The van der Waals surface area contributed by atoms with Crippen LogP contribution in [0.1, 0.15) is 29.5 Å². The summed E-state index contributed by atoms with van der Waals surface area (Å²) < 4.78 is 3.30. The summed E-state index contributed by atoms with van der Waals surface area (Å²) in [5, 5.41) is 5.99. The van der Waals surface area contributed by atoms with Gasteiger partial charge in [0.1, 0.15) is 0 Å². The summed E-state index contributed by atoms with van der Waals surface area (Å²) in [5.41, 5.74) is 8.32. The molecule has 0 spiro atoms. The van der Waals surface area contributed by atoms with Crippen LogP contribution in [0.25, 0.3) is 28.8 Å². The van der Waals surface area contributed by atoms with Gasteiger partial charge in [-0.1, -0.05) is 0 Å². The molecule has 0 radical (unpaired) electrons. The van der Waals surface area contributed by atoms with Crippen molar-refractivity contribution in [1.82, 2.24) is 9.78 Å². The number of fused-ring (bicyclic) bond motifs is 3. The van der Waals surface area contributed by atoms with Gasteiger partial charge in [0.05, 0.1) is 0 Å². The van der Waals surface area contributed by atoms with Gasteiger partial charge in [-0.05, 0) is 0 Å². The average Bonchev–Trinajstić information content (AvgIpc) is 3.44. The van der Waals surface area contributed by atoms with Gasteiger partial charge in [-0.2, -0.15) is 0 Å². The Morgan fingerprint density at radius 2 is 1.47 bits per heavy atom. The predicted molar refractivity (Wildman–Crippen MR) is 111 cm³/mol. The summed E-state index contributed by atoms with van der Waals surface area (Å²) in [7, 11) is 0. The minimum absolute atomic E-state index is 0. The molecule has 2 atom stereocenters. The third-order valence-corrected chi connectivity index (χ3v) is 10.2. The summed E-state index contributed by atoms with van der Waals surface area (Å²) in [6.45, 7) is 0. The van der Waals surface area contributed by atoms with Gasteiger partial charge >= 0.3 is 176 Å². The molecule has 0 N–H and O–H groups in total. The third kappa shape index (κ3) is 3.44. The van der Waals surface area contributed by atoms with Gasteiger partial charge in [-0.15, -0.1) is 0 Å². The predicted octanol–water partition coefficient (Wildman–Crippen LogP) is -0.0523. The van der Waals surface area contributed by atoms with Crippen molar-refractivity contribution >= 4 is 28.8 Å². The number of rotatable bonds is 3. The number of aromatic nitrogens is 2. The van der Waals surface area contributed by atoms with E-state index in [0.717, 1.165) is 0 Å². The van der Waals surface area contributed by atoms with E-state index in [0.29, 0.717) is 7.25 Å². The van der Waals surface area contributed by atoms with Gasteiger partial charge in [-0.3, -0.25) is 0 Å². The molecule has 30 heavy (non-hydrogen) atoms. The molecule has 1 aromatic heterocycles. The molecule has 146 valence electrons. The van der Waals surface area contributed by atoms with E-state index in [1.54, 1.807) is 0 Å². The first-order valence-corrected chi connectivity index (χ1v) is 12.5.